The smallest absolute Gasteiger partial charge is 0.227 e. The molecule has 0 saturated heterocycles. The van der Waals surface area contributed by atoms with Crippen LogP contribution in [-0.4, -0.2) is 19.9 Å². The van der Waals surface area contributed by atoms with Crippen molar-refractivity contribution in [1.29, 1.82) is 0 Å². The van der Waals surface area contributed by atoms with E-state index < -0.39 is 5.41 Å². The zero-order valence-corrected chi connectivity index (χ0v) is 34.6. The van der Waals surface area contributed by atoms with Gasteiger partial charge in [-0.25, -0.2) is 19.9 Å². The van der Waals surface area contributed by atoms with Gasteiger partial charge in [-0.1, -0.05) is 200 Å². The SMILES string of the molecule is c1ccc(-c2ccc(-c3nc(-c4ccc(C5(c6ccc7nc(-c8ccccc8)oc7c6)c6ccccc6-c6ccccc65)cc4)nc(-c4cccc(-c5ccccc5)c4)n3)cc2)cc1. The second-order valence-electron chi connectivity index (χ2n) is 16.2. The van der Waals surface area contributed by atoms with Crippen LogP contribution in [0.5, 0.6) is 0 Å². The van der Waals surface area contributed by atoms with E-state index in [1.165, 1.54) is 22.3 Å². The number of rotatable bonds is 8. The summed E-state index contributed by atoms with van der Waals surface area (Å²) in [6.45, 7) is 0. The molecule has 0 fully saturated rings. The molecule has 0 N–H and O–H groups in total. The van der Waals surface area contributed by atoms with E-state index in [1.807, 2.05) is 42.5 Å². The molecule has 1 aliphatic carbocycles. The zero-order chi connectivity index (χ0) is 42.5. The van der Waals surface area contributed by atoms with Crippen molar-refractivity contribution >= 4 is 11.1 Å². The molecule has 1 aliphatic rings. The predicted molar refractivity (Wildman–Crippen MR) is 257 cm³/mol. The topological polar surface area (TPSA) is 64.7 Å². The summed E-state index contributed by atoms with van der Waals surface area (Å²) in [5.74, 6) is 2.42. The van der Waals surface area contributed by atoms with Crippen LogP contribution in [-0.2, 0) is 5.41 Å². The van der Waals surface area contributed by atoms with Crippen molar-refractivity contribution in [1.82, 2.24) is 19.9 Å². The maximum atomic E-state index is 6.51. The Hall–Kier alpha value is -8.54. The summed E-state index contributed by atoms with van der Waals surface area (Å²) in [5, 5.41) is 0. The summed E-state index contributed by atoms with van der Waals surface area (Å²) in [6, 6.07) is 80.6. The van der Waals surface area contributed by atoms with Crippen LogP contribution in [0, 0.1) is 0 Å². The first-order chi connectivity index (χ1) is 31.7. The lowest BCUT2D eigenvalue weighted by atomic mass is 9.67. The molecule has 0 amide bonds. The molecule has 0 unspecified atom stereocenters. The minimum Gasteiger partial charge on any atom is -0.436 e. The van der Waals surface area contributed by atoms with E-state index in [0.29, 0.717) is 23.4 Å². The second-order valence-corrected chi connectivity index (χ2v) is 16.2. The lowest BCUT2D eigenvalue weighted by Gasteiger charge is -2.33. The number of nitrogens with zero attached hydrogens (tertiary/aromatic N) is 4. The van der Waals surface area contributed by atoms with Gasteiger partial charge in [0, 0.05) is 22.3 Å². The van der Waals surface area contributed by atoms with Crippen molar-refractivity contribution in [3.05, 3.63) is 253 Å². The van der Waals surface area contributed by atoms with Crippen molar-refractivity contribution in [2.75, 3.05) is 0 Å². The Labute approximate surface area is 371 Å². The molecular weight excluding hydrogens is 781 g/mol. The molecule has 2 heterocycles. The van der Waals surface area contributed by atoms with Crippen molar-refractivity contribution < 1.29 is 4.42 Å². The molecule has 0 saturated carbocycles. The molecule has 0 bridgehead atoms. The molecule has 300 valence electrons. The van der Waals surface area contributed by atoms with E-state index in [2.05, 4.69) is 188 Å². The number of fused-ring (bicyclic) bond motifs is 4. The third kappa shape index (κ3) is 6.33. The largest absolute Gasteiger partial charge is 0.436 e. The fourth-order valence-electron chi connectivity index (χ4n) is 9.43. The van der Waals surface area contributed by atoms with Gasteiger partial charge in [0.25, 0.3) is 0 Å². The van der Waals surface area contributed by atoms with Crippen LogP contribution in [0.2, 0.25) is 0 Å². The average Bonchev–Trinajstić information content (AvgIpc) is 3.95. The van der Waals surface area contributed by atoms with E-state index in [4.69, 9.17) is 24.4 Å². The van der Waals surface area contributed by atoms with E-state index in [1.54, 1.807) is 0 Å². The van der Waals surface area contributed by atoms with Crippen molar-refractivity contribution in [2.24, 2.45) is 0 Å². The van der Waals surface area contributed by atoms with Crippen LogP contribution in [0.1, 0.15) is 22.3 Å². The molecule has 5 heteroatoms. The molecule has 0 radical (unpaired) electrons. The Morgan fingerprint density at radius 2 is 0.734 bits per heavy atom. The van der Waals surface area contributed by atoms with Crippen LogP contribution < -0.4 is 0 Å². The second kappa shape index (κ2) is 15.4. The number of oxazole rings is 1. The molecule has 5 nitrogen and oxygen atoms in total. The molecule has 0 atom stereocenters. The molecular formula is C59H38N4O. The maximum Gasteiger partial charge on any atom is 0.227 e. The van der Waals surface area contributed by atoms with Gasteiger partial charge in [0.05, 0.1) is 5.41 Å². The van der Waals surface area contributed by atoms with Crippen molar-refractivity contribution in [2.45, 2.75) is 5.41 Å². The van der Waals surface area contributed by atoms with Gasteiger partial charge in [0.15, 0.2) is 23.1 Å². The Morgan fingerprint density at radius 1 is 0.297 bits per heavy atom. The first-order valence-electron chi connectivity index (χ1n) is 21.5. The highest BCUT2D eigenvalue weighted by Gasteiger charge is 2.46. The fourth-order valence-corrected chi connectivity index (χ4v) is 9.43. The predicted octanol–water partition coefficient (Wildman–Crippen LogP) is 14.4. The van der Waals surface area contributed by atoms with E-state index >= 15 is 0 Å². The molecule has 2 aromatic heterocycles. The van der Waals surface area contributed by atoms with Crippen LogP contribution in [0.15, 0.2) is 235 Å². The van der Waals surface area contributed by atoms with Gasteiger partial charge in [-0.3, -0.25) is 0 Å². The third-order valence-corrected chi connectivity index (χ3v) is 12.5. The van der Waals surface area contributed by atoms with Gasteiger partial charge in [0.1, 0.15) is 5.52 Å². The summed E-state index contributed by atoms with van der Waals surface area (Å²) >= 11 is 0. The lowest BCUT2D eigenvalue weighted by molar-refractivity contribution is 0.618. The molecule has 0 spiro atoms. The number of hydrogen-bond acceptors (Lipinski definition) is 5. The molecule has 9 aromatic carbocycles. The summed E-state index contributed by atoms with van der Waals surface area (Å²) in [5.41, 5.74) is 16.2. The zero-order valence-electron chi connectivity index (χ0n) is 34.6. The van der Waals surface area contributed by atoms with E-state index in [9.17, 15) is 0 Å². The van der Waals surface area contributed by atoms with Crippen LogP contribution in [0.25, 0.3) is 90.1 Å². The van der Waals surface area contributed by atoms with Gasteiger partial charge >= 0.3 is 0 Å². The lowest BCUT2D eigenvalue weighted by Crippen LogP contribution is -2.28. The first-order valence-corrected chi connectivity index (χ1v) is 21.5. The highest BCUT2D eigenvalue weighted by molar-refractivity contribution is 5.88. The minimum atomic E-state index is -0.645. The van der Waals surface area contributed by atoms with Gasteiger partial charge in [-0.15, -0.1) is 0 Å². The molecule has 12 rings (SSSR count). The van der Waals surface area contributed by atoms with Crippen molar-refractivity contribution in [3.8, 4) is 79.0 Å². The van der Waals surface area contributed by atoms with Gasteiger partial charge < -0.3 is 4.42 Å². The van der Waals surface area contributed by atoms with Gasteiger partial charge in [0.2, 0.25) is 5.89 Å². The molecule has 11 aromatic rings. The fraction of sp³-hybridized carbons (Fsp3) is 0.0169. The Bertz CT molecular complexity index is 3430. The third-order valence-electron chi connectivity index (χ3n) is 12.5. The van der Waals surface area contributed by atoms with Crippen LogP contribution in [0.4, 0.5) is 0 Å². The Balaban J connectivity index is 1.01. The standard InChI is InChI=1S/C59H38N4O/c1-4-15-39(16-5-1)41-27-29-42(30-28-41)55-61-56(63-57(62-55)46-22-14-21-45(37-46)40-17-6-2-7-18-40)43-31-33-47(34-32-43)59(51-25-12-10-23-49(51)50-24-11-13-26-52(50)59)48-35-36-53-54(38-48)64-58(60-53)44-19-8-3-9-20-44/h1-38H. The quantitative estimate of drug-likeness (QED) is 0.153. The van der Waals surface area contributed by atoms with Crippen LogP contribution in [0.3, 0.4) is 0 Å². The van der Waals surface area contributed by atoms with E-state index in [0.717, 1.165) is 66.7 Å². The minimum absolute atomic E-state index is 0.599. The van der Waals surface area contributed by atoms with Gasteiger partial charge in [-0.05, 0) is 86.0 Å². The van der Waals surface area contributed by atoms with Crippen molar-refractivity contribution in [3.63, 3.8) is 0 Å². The Kier molecular flexibility index (Phi) is 8.97. The number of benzene rings is 9. The highest BCUT2D eigenvalue weighted by atomic mass is 16.3. The molecule has 64 heavy (non-hydrogen) atoms. The first kappa shape index (κ1) is 37.2. The monoisotopic (exact) mass is 818 g/mol. The van der Waals surface area contributed by atoms with E-state index in [-0.39, 0.29) is 0 Å². The maximum absolute atomic E-state index is 6.51. The summed E-state index contributed by atoms with van der Waals surface area (Å²) < 4.78 is 6.51. The Morgan fingerprint density at radius 3 is 1.34 bits per heavy atom. The number of aromatic nitrogens is 4. The average molecular weight is 819 g/mol. The normalized spacial score (nSPS) is 12.5. The number of hydrogen-bond donors (Lipinski definition) is 0. The molecule has 0 aliphatic heterocycles. The summed E-state index contributed by atoms with van der Waals surface area (Å²) in [4.78, 5) is 20.4. The highest BCUT2D eigenvalue weighted by Crippen LogP contribution is 2.56. The summed E-state index contributed by atoms with van der Waals surface area (Å²) in [6.07, 6.45) is 0. The van der Waals surface area contributed by atoms with Crippen LogP contribution >= 0.6 is 0 Å². The van der Waals surface area contributed by atoms with Gasteiger partial charge in [-0.2, -0.15) is 0 Å². The summed E-state index contributed by atoms with van der Waals surface area (Å²) in [7, 11) is 0.